The van der Waals surface area contributed by atoms with E-state index in [2.05, 4.69) is 6.92 Å². The molecule has 0 aliphatic rings. The molecule has 2 aromatic carbocycles. The van der Waals surface area contributed by atoms with Gasteiger partial charge in [0.2, 0.25) is 0 Å². The highest BCUT2D eigenvalue weighted by molar-refractivity contribution is 5.89. The van der Waals surface area contributed by atoms with Gasteiger partial charge in [-0.25, -0.2) is 4.79 Å². The molecule has 2 rings (SSSR count). The minimum atomic E-state index is -0.938. The molecule has 1 N–H and O–H groups in total. The van der Waals surface area contributed by atoms with Crippen molar-refractivity contribution in [3.63, 3.8) is 0 Å². The van der Waals surface area contributed by atoms with Crippen molar-refractivity contribution in [2.75, 3.05) is 6.61 Å². The molecule has 0 heterocycles. The highest BCUT2D eigenvalue weighted by atomic mass is 16.5. The minimum absolute atomic E-state index is 0.755. The molecule has 2 aromatic rings. The second-order valence-electron chi connectivity index (χ2n) is 5.35. The second-order valence-corrected chi connectivity index (χ2v) is 5.35. The maximum absolute atomic E-state index is 10.5. The number of hydrogen-bond donors (Lipinski definition) is 1. The van der Waals surface area contributed by atoms with Gasteiger partial charge in [-0.05, 0) is 47.0 Å². The third kappa shape index (κ3) is 4.92. The van der Waals surface area contributed by atoms with Crippen LogP contribution in [0.3, 0.4) is 0 Å². The number of carboxylic acids is 1. The Bertz CT molecular complexity index is 659. The largest absolute Gasteiger partial charge is 0.494 e. The van der Waals surface area contributed by atoms with Crippen molar-refractivity contribution < 1.29 is 14.6 Å². The van der Waals surface area contributed by atoms with Gasteiger partial charge in [0.05, 0.1) is 6.61 Å². The Morgan fingerprint density at radius 2 is 1.86 bits per heavy atom. The van der Waals surface area contributed by atoms with Crippen LogP contribution in [0, 0.1) is 0 Å². The predicted octanol–water partition coefficient (Wildman–Crippen LogP) is 4.90. The van der Waals surface area contributed by atoms with Crippen molar-refractivity contribution in [3.8, 4) is 5.75 Å². The van der Waals surface area contributed by atoms with E-state index in [1.54, 1.807) is 6.08 Å². The summed E-state index contributed by atoms with van der Waals surface area (Å²) in [4.78, 5) is 10.5. The van der Waals surface area contributed by atoms with E-state index in [0.29, 0.717) is 0 Å². The van der Waals surface area contributed by atoms with Crippen molar-refractivity contribution in [1.82, 2.24) is 0 Å². The van der Waals surface area contributed by atoms with E-state index in [0.717, 1.165) is 41.2 Å². The SMILES string of the molecule is CCCCCCOc1ccc2cc(C=CC(=O)O)ccc2c1. The number of carbonyl (C=O) groups is 1. The average molecular weight is 298 g/mol. The van der Waals surface area contributed by atoms with Crippen LogP contribution in [0.5, 0.6) is 5.75 Å². The van der Waals surface area contributed by atoms with Gasteiger partial charge in [0.15, 0.2) is 0 Å². The number of carboxylic acid groups (broad SMARTS) is 1. The van der Waals surface area contributed by atoms with E-state index in [9.17, 15) is 4.79 Å². The summed E-state index contributed by atoms with van der Waals surface area (Å²) in [6.45, 7) is 2.95. The van der Waals surface area contributed by atoms with Crippen LogP contribution in [0.15, 0.2) is 42.5 Å². The number of unbranched alkanes of at least 4 members (excludes halogenated alkanes) is 3. The molecule has 116 valence electrons. The monoisotopic (exact) mass is 298 g/mol. The average Bonchev–Trinajstić information content (AvgIpc) is 2.52. The molecule has 0 saturated carbocycles. The third-order valence-corrected chi connectivity index (χ3v) is 3.52. The fourth-order valence-electron chi connectivity index (χ4n) is 2.32. The topological polar surface area (TPSA) is 46.5 Å². The maximum Gasteiger partial charge on any atom is 0.328 e. The first-order chi connectivity index (χ1) is 10.7. The van der Waals surface area contributed by atoms with Crippen LogP contribution < -0.4 is 4.74 Å². The molecule has 0 aromatic heterocycles. The lowest BCUT2D eigenvalue weighted by Gasteiger charge is -2.07. The van der Waals surface area contributed by atoms with Crippen molar-refractivity contribution in [2.24, 2.45) is 0 Å². The summed E-state index contributed by atoms with van der Waals surface area (Å²) in [5.41, 5.74) is 0.878. The summed E-state index contributed by atoms with van der Waals surface area (Å²) in [5, 5.41) is 10.8. The molecule has 0 aliphatic heterocycles. The summed E-state index contributed by atoms with van der Waals surface area (Å²) in [7, 11) is 0. The fraction of sp³-hybridized carbons (Fsp3) is 0.316. The van der Waals surface area contributed by atoms with Crippen LogP contribution in [-0.2, 0) is 4.79 Å². The maximum atomic E-state index is 10.5. The normalized spacial score (nSPS) is 11.1. The van der Waals surface area contributed by atoms with E-state index in [-0.39, 0.29) is 0 Å². The van der Waals surface area contributed by atoms with Crippen molar-refractivity contribution in [3.05, 3.63) is 48.0 Å². The van der Waals surface area contributed by atoms with Crippen molar-refractivity contribution in [2.45, 2.75) is 32.6 Å². The van der Waals surface area contributed by atoms with Gasteiger partial charge < -0.3 is 9.84 Å². The zero-order chi connectivity index (χ0) is 15.8. The number of hydrogen-bond acceptors (Lipinski definition) is 2. The van der Waals surface area contributed by atoms with Crippen LogP contribution >= 0.6 is 0 Å². The molecule has 0 bridgehead atoms. The van der Waals surface area contributed by atoms with Crippen LogP contribution in [0.25, 0.3) is 16.8 Å². The highest BCUT2D eigenvalue weighted by Gasteiger charge is 1.99. The second kappa shape index (κ2) is 8.23. The predicted molar refractivity (Wildman–Crippen MR) is 90.3 cm³/mol. The molecule has 3 heteroatoms. The zero-order valence-electron chi connectivity index (χ0n) is 12.9. The van der Waals surface area contributed by atoms with E-state index in [4.69, 9.17) is 9.84 Å². The Balaban J connectivity index is 2.02. The Morgan fingerprint density at radius 1 is 1.09 bits per heavy atom. The lowest BCUT2D eigenvalue weighted by Crippen LogP contribution is -1.97. The van der Waals surface area contributed by atoms with Gasteiger partial charge in [-0.2, -0.15) is 0 Å². The van der Waals surface area contributed by atoms with Gasteiger partial charge in [-0.3, -0.25) is 0 Å². The van der Waals surface area contributed by atoms with E-state index < -0.39 is 5.97 Å². The van der Waals surface area contributed by atoms with Crippen LogP contribution in [0.1, 0.15) is 38.2 Å². The molecular formula is C19H22O3. The third-order valence-electron chi connectivity index (χ3n) is 3.52. The molecule has 0 fully saturated rings. The lowest BCUT2D eigenvalue weighted by atomic mass is 10.1. The summed E-state index contributed by atoms with van der Waals surface area (Å²) < 4.78 is 5.78. The molecule has 22 heavy (non-hydrogen) atoms. The van der Waals surface area contributed by atoms with Gasteiger partial charge in [0.25, 0.3) is 0 Å². The smallest absolute Gasteiger partial charge is 0.328 e. The van der Waals surface area contributed by atoms with E-state index in [1.165, 1.54) is 19.3 Å². The molecule has 0 saturated heterocycles. The van der Waals surface area contributed by atoms with Crippen LogP contribution in [0.2, 0.25) is 0 Å². The number of aliphatic carboxylic acids is 1. The Kier molecular flexibility index (Phi) is 6.01. The summed E-state index contributed by atoms with van der Waals surface area (Å²) in [5.74, 6) is -0.0512. The molecule has 0 spiro atoms. The van der Waals surface area contributed by atoms with Crippen molar-refractivity contribution in [1.29, 1.82) is 0 Å². The molecule has 0 atom stereocenters. The Morgan fingerprint density at radius 3 is 2.64 bits per heavy atom. The fourth-order valence-corrected chi connectivity index (χ4v) is 2.32. The van der Waals surface area contributed by atoms with Gasteiger partial charge in [0.1, 0.15) is 5.75 Å². The zero-order valence-corrected chi connectivity index (χ0v) is 12.9. The van der Waals surface area contributed by atoms with Gasteiger partial charge >= 0.3 is 5.97 Å². The summed E-state index contributed by atoms with van der Waals surface area (Å²) >= 11 is 0. The number of rotatable bonds is 8. The summed E-state index contributed by atoms with van der Waals surface area (Å²) in [6, 6.07) is 11.9. The standard InChI is InChI=1S/C19H22O3/c1-2-3-4-5-12-22-18-10-9-16-13-15(7-11-19(20)21)6-8-17(16)14-18/h6-11,13-14H,2-5,12H2,1H3,(H,20,21). The number of benzene rings is 2. The quantitative estimate of drug-likeness (QED) is 0.557. The number of ether oxygens (including phenoxy) is 1. The highest BCUT2D eigenvalue weighted by Crippen LogP contribution is 2.23. The van der Waals surface area contributed by atoms with Gasteiger partial charge in [-0.1, -0.05) is 44.4 Å². The lowest BCUT2D eigenvalue weighted by molar-refractivity contribution is -0.131. The minimum Gasteiger partial charge on any atom is -0.494 e. The van der Waals surface area contributed by atoms with E-state index >= 15 is 0 Å². The van der Waals surface area contributed by atoms with Gasteiger partial charge in [0, 0.05) is 6.08 Å². The molecule has 0 amide bonds. The van der Waals surface area contributed by atoms with Gasteiger partial charge in [-0.15, -0.1) is 0 Å². The Hall–Kier alpha value is -2.29. The van der Waals surface area contributed by atoms with Crippen molar-refractivity contribution >= 4 is 22.8 Å². The first-order valence-electron chi connectivity index (χ1n) is 7.76. The molecule has 3 nitrogen and oxygen atoms in total. The van der Waals surface area contributed by atoms with Crippen LogP contribution in [0.4, 0.5) is 0 Å². The van der Waals surface area contributed by atoms with Crippen LogP contribution in [-0.4, -0.2) is 17.7 Å². The molecule has 0 radical (unpaired) electrons. The van der Waals surface area contributed by atoms with E-state index in [1.807, 2.05) is 36.4 Å². The number of fused-ring (bicyclic) bond motifs is 1. The molecule has 0 unspecified atom stereocenters. The first kappa shape index (κ1) is 16.1. The first-order valence-corrected chi connectivity index (χ1v) is 7.76. The molecule has 0 aliphatic carbocycles. The molecular weight excluding hydrogens is 276 g/mol. The summed E-state index contributed by atoms with van der Waals surface area (Å²) in [6.07, 6.45) is 7.53. The Labute approximate surface area is 131 Å².